The van der Waals surface area contributed by atoms with Crippen molar-refractivity contribution in [2.75, 3.05) is 18.0 Å². The maximum absolute atomic E-state index is 4.84. The van der Waals surface area contributed by atoms with Crippen LogP contribution in [0.3, 0.4) is 0 Å². The van der Waals surface area contributed by atoms with Gasteiger partial charge in [-0.2, -0.15) is 0 Å². The molecule has 0 radical (unpaired) electrons. The number of aromatic nitrogens is 6. The summed E-state index contributed by atoms with van der Waals surface area (Å²) in [6.45, 7) is 3.82. The zero-order chi connectivity index (χ0) is 19.6. The van der Waals surface area contributed by atoms with Gasteiger partial charge in [0, 0.05) is 31.4 Å². The van der Waals surface area contributed by atoms with Gasteiger partial charge in [-0.3, -0.25) is 9.55 Å². The normalized spacial score (nSPS) is 16.9. The smallest absolute Gasteiger partial charge is 0.159 e. The number of hydrogen-bond donors (Lipinski definition) is 1. The molecule has 7 nitrogen and oxygen atoms in total. The Morgan fingerprint density at radius 1 is 1.03 bits per heavy atom. The lowest BCUT2D eigenvalue weighted by molar-refractivity contribution is 0.491. The third kappa shape index (κ3) is 3.51. The van der Waals surface area contributed by atoms with Crippen LogP contribution >= 0.6 is 0 Å². The molecule has 1 aliphatic rings. The molecule has 0 bridgehead atoms. The highest BCUT2D eigenvalue weighted by atomic mass is 15.2. The summed E-state index contributed by atoms with van der Waals surface area (Å²) in [4.78, 5) is 24.1. The van der Waals surface area contributed by atoms with Crippen LogP contribution in [-0.4, -0.2) is 42.6 Å². The first-order valence-corrected chi connectivity index (χ1v) is 9.95. The van der Waals surface area contributed by atoms with Crippen LogP contribution in [-0.2, 0) is 0 Å². The van der Waals surface area contributed by atoms with Crippen molar-refractivity contribution < 1.29 is 0 Å². The monoisotopic (exact) mass is 385 g/mol. The summed E-state index contributed by atoms with van der Waals surface area (Å²) in [6, 6.07) is 10.3. The van der Waals surface area contributed by atoms with E-state index in [1.54, 1.807) is 12.4 Å². The van der Waals surface area contributed by atoms with Gasteiger partial charge in [-0.15, -0.1) is 0 Å². The van der Waals surface area contributed by atoms with Crippen molar-refractivity contribution in [2.45, 2.75) is 25.7 Å². The molecule has 0 amide bonds. The Morgan fingerprint density at radius 2 is 1.90 bits per heavy atom. The molecule has 1 saturated heterocycles. The Balaban J connectivity index is 1.37. The second-order valence-corrected chi connectivity index (χ2v) is 7.41. The number of anilines is 1. The second-order valence-electron chi connectivity index (χ2n) is 7.41. The molecule has 1 aromatic carbocycles. The quantitative estimate of drug-likeness (QED) is 0.579. The molecule has 0 spiro atoms. The van der Waals surface area contributed by atoms with E-state index in [1.165, 1.54) is 0 Å². The van der Waals surface area contributed by atoms with Crippen LogP contribution in [0.4, 0.5) is 5.82 Å². The SMILES string of the molecule is Cc1nccn1-c1cncc(N2CCCC(c3ncc(-c4ccccc4)[nH]3)C2)n1. The summed E-state index contributed by atoms with van der Waals surface area (Å²) in [5.41, 5.74) is 2.23. The van der Waals surface area contributed by atoms with Gasteiger partial charge in [0.15, 0.2) is 5.82 Å². The highest BCUT2D eigenvalue weighted by molar-refractivity contribution is 5.58. The first-order valence-electron chi connectivity index (χ1n) is 9.95. The van der Waals surface area contributed by atoms with Gasteiger partial charge < -0.3 is 9.88 Å². The highest BCUT2D eigenvalue weighted by Crippen LogP contribution is 2.29. The van der Waals surface area contributed by atoms with Crippen molar-refractivity contribution in [2.24, 2.45) is 0 Å². The van der Waals surface area contributed by atoms with E-state index in [2.05, 4.69) is 37.0 Å². The molecular formula is C22H23N7. The number of nitrogens with one attached hydrogen (secondary N) is 1. The number of H-pyrrole nitrogens is 1. The minimum absolute atomic E-state index is 0.349. The summed E-state index contributed by atoms with van der Waals surface area (Å²) in [5, 5.41) is 0. The fourth-order valence-corrected chi connectivity index (χ4v) is 3.95. The fourth-order valence-electron chi connectivity index (χ4n) is 3.95. The van der Waals surface area contributed by atoms with E-state index in [1.807, 2.05) is 48.3 Å². The average Bonchev–Trinajstić information content (AvgIpc) is 3.44. The van der Waals surface area contributed by atoms with E-state index in [4.69, 9.17) is 4.98 Å². The number of aromatic amines is 1. The van der Waals surface area contributed by atoms with E-state index in [-0.39, 0.29) is 0 Å². The molecule has 146 valence electrons. The predicted molar refractivity (Wildman–Crippen MR) is 112 cm³/mol. The van der Waals surface area contributed by atoms with Crippen molar-refractivity contribution >= 4 is 5.82 Å². The molecule has 0 saturated carbocycles. The Bertz CT molecular complexity index is 1100. The summed E-state index contributed by atoms with van der Waals surface area (Å²) < 4.78 is 1.95. The molecule has 29 heavy (non-hydrogen) atoms. The summed E-state index contributed by atoms with van der Waals surface area (Å²) in [6.07, 6.45) is 11.5. The number of piperidine rings is 1. The topological polar surface area (TPSA) is 75.5 Å². The van der Waals surface area contributed by atoms with Crippen molar-refractivity contribution in [3.63, 3.8) is 0 Å². The summed E-state index contributed by atoms with van der Waals surface area (Å²) in [5.74, 6) is 3.99. The number of nitrogens with zero attached hydrogens (tertiary/aromatic N) is 6. The minimum Gasteiger partial charge on any atom is -0.355 e. The molecule has 7 heteroatoms. The third-order valence-electron chi connectivity index (χ3n) is 5.49. The highest BCUT2D eigenvalue weighted by Gasteiger charge is 2.25. The summed E-state index contributed by atoms with van der Waals surface area (Å²) >= 11 is 0. The molecule has 3 aromatic heterocycles. The molecule has 0 aliphatic carbocycles. The van der Waals surface area contributed by atoms with Crippen LogP contribution in [0.25, 0.3) is 17.1 Å². The van der Waals surface area contributed by atoms with Gasteiger partial charge in [0.1, 0.15) is 17.5 Å². The van der Waals surface area contributed by atoms with Gasteiger partial charge in [-0.05, 0) is 25.3 Å². The van der Waals surface area contributed by atoms with Crippen LogP contribution in [0.2, 0.25) is 0 Å². The molecule has 1 unspecified atom stereocenters. The van der Waals surface area contributed by atoms with Gasteiger partial charge >= 0.3 is 0 Å². The van der Waals surface area contributed by atoms with E-state index >= 15 is 0 Å². The molecule has 1 N–H and O–H groups in total. The standard InChI is InChI=1S/C22H23N7/c1-16-24-9-11-29(16)21-14-23-13-20(27-21)28-10-5-8-18(15-28)22-25-12-19(26-22)17-6-3-2-4-7-17/h2-4,6-7,9,11-14,18H,5,8,10,15H2,1H3,(H,25,26). The van der Waals surface area contributed by atoms with E-state index in [9.17, 15) is 0 Å². The number of aryl methyl sites for hydroxylation is 1. The number of benzene rings is 1. The largest absolute Gasteiger partial charge is 0.355 e. The Labute approximate surface area is 169 Å². The maximum Gasteiger partial charge on any atom is 0.159 e. The number of rotatable bonds is 4. The van der Waals surface area contributed by atoms with E-state index < -0.39 is 0 Å². The molecule has 1 aliphatic heterocycles. The average molecular weight is 385 g/mol. The first-order chi connectivity index (χ1) is 14.3. The van der Waals surface area contributed by atoms with Crippen LogP contribution < -0.4 is 4.90 Å². The molecule has 5 rings (SSSR count). The zero-order valence-corrected chi connectivity index (χ0v) is 16.4. The second kappa shape index (κ2) is 7.50. The Morgan fingerprint density at radius 3 is 2.72 bits per heavy atom. The zero-order valence-electron chi connectivity index (χ0n) is 16.4. The molecule has 4 heterocycles. The lowest BCUT2D eigenvalue weighted by atomic mass is 9.97. The molecular weight excluding hydrogens is 362 g/mol. The first kappa shape index (κ1) is 17.6. The van der Waals surface area contributed by atoms with Crippen LogP contribution in [0.1, 0.15) is 30.4 Å². The van der Waals surface area contributed by atoms with Gasteiger partial charge in [-0.25, -0.2) is 15.0 Å². The minimum atomic E-state index is 0.349. The van der Waals surface area contributed by atoms with Gasteiger partial charge in [0.25, 0.3) is 0 Å². The Hall–Kier alpha value is -3.48. The predicted octanol–water partition coefficient (Wildman–Crippen LogP) is 3.74. The fraction of sp³-hybridized carbons (Fsp3) is 0.273. The van der Waals surface area contributed by atoms with Crippen molar-refractivity contribution in [1.82, 2.24) is 29.5 Å². The van der Waals surface area contributed by atoms with E-state index in [0.717, 1.165) is 60.5 Å². The van der Waals surface area contributed by atoms with Crippen LogP contribution in [0, 0.1) is 6.92 Å². The summed E-state index contributed by atoms with van der Waals surface area (Å²) in [7, 11) is 0. The maximum atomic E-state index is 4.84. The lowest BCUT2D eigenvalue weighted by Gasteiger charge is -2.32. The Kier molecular flexibility index (Phi) is 4.56. The molecule has 1 atom stereocenters. The van der Waals surface area contributed by atoms with Gasteiger partial charge in [0.05, 0.1) is 24.3 Å². The molecule has 1 fully saturated rings. The number of hydrogen-bond acceptors (Lipinski definition) is 5. The van der Waals surface area contributed by atoms with Gasteiger partial charge in [0.2, 0.25) is 0 Å². The number of imidazole rings is 2. The molecule has 4 aromatic rings. The van der Waals surface area contributed by atoms with Crippen molar-refractivity contribution in [3.05, 3.63) is 73.0 Å². The lowest BCUT2D eigenvalue weighted by Crippen LogP contribution is -2.35. The van der Waals surface area contributed by atoms with E-state index in [0.29, 0.717) is 5.92 Å². The van der Waals surface area contributed by atoms with Crippen LogP contribution in [0.15, 0.2) is 61.3 Å². The van der Waals surface area contributed by atoms with Crippen molar-refractivity contribution in [1.29, 1.82) is 0 Å². The van der Waals surface area contributed by atoms with Gasteiger partial charge in [-0.1, -0.05) is 30.3 Å². The third-order valence-corrected chi connectivity index (χ3v) is 5.49. The van der Waals surface area contributed by atoms with Crippen molar-refractivity contribution in [3.8, 4) is 17.1 Å². The van der Waals surface area contributed by atoms with Crippen LogP contribution in [0.5, 0.6) is 0 Å².